The van der Waals surface area contributed by atoms with E-state index in [0.29, 0.717) is 6.61 Å². The lowest BCUT2D eigenvalue weighted by Gasteiger charge is -2.16. The minimum absolute atomic E-state index is 0.0265. The van der Waals surface area contributed by atoms with Crippen molar-refractivity contribution in [3.05, 3.63) is 0 Å². The molecule has 0 aromatic rings. The Balaban J connectivity index is 3.52. The van der Waals surface area contributed by atoms with Crippen molar-refractivity contribution in [3.8, 4) is 0 Å². The van der Waals surface area contributed by atoms with Gasteiger partial charge in [0.15, 0.2) is 0 Å². The van der Waals surface area contributed by atoms with Crippen LogP contribution < -0.4 is 0 Å². The Bertz CT molecular complexity index is 618. The first-order valence-electron chi connectivity index (χ1n) is 12.4. The average molecular weight is 501 g/mol. The highest BCUT2D eigenvalue weighted by Gasteiger charge is 2.18. The largest absolute Gasteiger partial charge is 0.379 e. The van der Waals surface area contributed by atoms with Gasteiger partial charge in [-0.05, 0) is 6.42 Å². The van der Waals surface area contributed by atoms with E-state index < -0.39 is 26.3 Å². The summed E-state index contributed by atoms with van der Waals surface area (Å²) in [5, 5.41) is 0. The first-order chi connectivity index (χ1) is 15.1. The molecule has 0 rings (SSSR count). The van der Waals surface area contributed by atoms with Crippen LogP contribution in [0.3, 0.4) is 0 Å². The molecule has 1 unspecified atom stereocenters. The summed E-state index contributed by atoms with van der Waals surface area (Å²) in [6, 6.07) is 0. The molecule has 0 amide bonds. The van der Waals surface area contributed by atoms with Gasteiger partial charge in [-0.15, -0.1) is 0 Å². The Morgan fingerprint density at radius 1 is 0.562 bits per heavy atom. The molecule has 0 aliphatic carbocycles. The third kappa shape index (κ3) is 26.0. The molecular weight excluding hydrogens is 452 g/mol. The van der Waals surface area contributed by atoms with E-state index in [2.05, 4.69) is 11.1 Å². The van der Waals surface area contributed by atoms with Crippen molar-refractivity contribution < 1.29 is 29.9 Å². The predicted molar refractivity (Wildman–Crippen MR) is 131 cm³/mol. The monoisotopic (exact) mass is 500 g/mol. The van der Waals surface area contributed by atoms with Crippen LogP contribution in [-0.2, 0) is 33.3 Å². The fraction of sp³-hybridized carbons (Fsp3) is 1.00. The first-order valence-corrected chi connectivity index (χ1v) is 16.1. The maximum atomic E-state index is 11.3. The van der Waals surface area contributed by atoms with Crippen molar-refractivity contribution in [1.29, 1.82) is 0 Å². The quantitative estimate of drug-likeness (QED) is 0.126. The Kier molecular flexibility index (Phi) is 20.0. The van der Waals surface area contributed by atoms with Crippen LogP contribution in [0.2, 0.25) is 0 Å². The van der Waals surface area contributed by atoms with Crippen molar-refractivity contribution >= 4 is 20.2 Å². The average Bonchev–Trinajstić information content (AvgIpc) is 2.69. The Hall–Kier alpha value is -0.220. The summed E-state index contributed by atoms with van der Waals surface area (Å²) in [6.45, 7) is 2.34. The van der Waals surface area contributed by atoms with Gasteiger partial charge in [-0.25, -0.2) is 0 Å². The number of hydrogen-bond acceptors (Lipinski definition) is 7. The molecule has 0 aliphatic heterocycles. The highest BCUT2D eigenvalue weighted by Crippen LogP contribution is 2.13. The minimum atomic E-state index is -3.72. The second-order valence-electron chi connectivity index (χ2n) is 8.79. The standard InChI is InChI=1S/C23H48O7S2/c1-4-5-6-7-8-9-10-11-12-13-14-15-16-17-18-19-20-28-21-23(30-32(3,26)27)22-29-31(2,24)25/h23H,4-22H2,1-3H3. The van der Waals surface area contributed by atoms with E-state index >= 15 is 0 Å². The van der Waals surface area contributed by atoms with Crippen molar-refractivity contribution in [2.75, 3.05) is 32.3 Å². The zero-order valence-electron chi connectivity index (χ0n) is 20.7. The van der Waals surface area contributed by atoms with Crippen molar-refractivity contribution in [2.24, 2.45) is 0 Å². The smallest absolute Gasteiger partial charge is 0.264 e. The summed E-state index contributed by atoms with van der Waals surface area (Å²) in [4.78, 5) is 0. The number of rotatable bonds is 24. The van der Waals surface area contributed by atoms with Crippen LogP contribution in [0.15, 0.2) is 0 Å². The Labute approximate surface area is 198 Å². The van der Waals surface area contributed by atoms with Crippen molar-refractivity contribution in [2.45, 2.75) is 116 Å². The van der Waals surface area contributed by atoms with Crippen LogP contribution in [-0.4, -0.2) is 55.3 Å². The molecule has 0 fully saturated rings. The van der Waals surface area contributed by atoms with Gasteiger partial charge in [0.05, 0.1) is 25.7 Å². The lowest BCUT2D eigenvalue weighted by molar-refractivity contribution is 0.0295. The van der Waals surface area contributed by atoms with Gasteiger partial charge >= 0.3 is 0 Å². The van der Waals surface area contributed by atoms with E-state index in [1.54, 1.807) is 0 Å². The molecule has 1 atom stereocenters. The topological polar surface area (TPSA) is 96.0 Å². The molecule has 0 aliphatic rings. The van der Waals surface area contributed by atoms with Gasteiger partial charge in [0.1, 0.15) is 6.10 Å². The van der Waals surface area contributed by atoms with Crippen LogP contribution in [0.5, 0.6) is 0 Å². The summed E-state index contributed by atoms with van der Waals surface area (Å²) < 4.78 is 59.6. The number of ether oxygens (including phenoxy) is 1. The second-order valence-corrected chi connectivity index (χ2v) is 12.0. The summed E-state index contributed by atoms with van der Waals surface area (Å²) in [7, 11) is -7.39. The van der Waals surface area contributed by atoms with Gasteiger partial charge < -0.3 is 4.74 Å². The molecule has 0 heterocycles. The maximum Gasteiger partial charge on any atom is 0.264 e. The molecule has 0 aromatic carbocycles. The third-order valence-corrected chi connectivity index (χ3v) is 6.41. The van der Waals surface area contributed by atoms with Gasteiger partial charge in [-0.1, -0.05) is 103 Å². The maximum absolute atomic E-state index is 11.3. The molecule has 7 nitrogen and oxygen atoms in total. The predicted octanol–water partition coefficient (Wildman–Crippen LogP) is 5.59. The molecule has 32 heavy (non-hydrogen) atoms. The molecule has 194 valence electrons. The van der Waals surface area contributed by atoms with E-state index in [1.807, 2.05) is 0 Å². The fourth-order valence-electron chi connectivity index (χ4n) is 3.52. The molecular formula is C23H48O7S2. The molecule has 0 spiro atoms. The van der Waals surface area contributed by atoms with Crippen LogP contribution >= 0.6 is 0 Å². The molecule has 0 radical (unpaired) electrons. The van der Waals surface area contributed by atoms with E-state index in [4.69, 9.17) is 8.92 Å². The van der Waals surface area contributed by atoms with E-state index in [0.717, 1.165) is 25.4 Å². The normalized spacial score (nSPS) is 13.5. The van der Waals surface area contributed by atoms with Gasteiger partial charge in [0.25, 0.3) is 20.2 Å². The zero-order chi connectivity index (χ0) is 24.1. The van der Waals surface area contributed by atoms with Crippen LogP contribution in [0.4, 0.5) is 0 Å². The van der Waals surface area contributed by atoms with E-state index in [-0.39, 0.29) is 13.2 Å². The van der Waals surface area contributed by atoms with Crippen molar-refractivity contribution in [3.63, 3.8) is 0 Å². The molecule has 0 bridgehead atoms. The Morgan fingerprint density at radius 2 is 0.969 bits per heavy atom. The summed E-state index contributed by atoms with van der Waals surface area (Å²) in [6.07, 6.45) is 21.6. The summed E-state index contributed by atoms with van der Waals surface area (Å²) in [5.74, 6) is 0. The van der Waals surface area contributed by atoms with E-state index in [1.165, 1.54) is 89.9 Å². The summed E-state index contributed by atoms with van der Waals surface area (Å²) in [5.41, 5.74) is 0. The third-order valence-electron chi connectivity index (χ3n) is 5.22. The Morgan fingerprint density at radius 3 is 1.34 bits per heavy atom. The van der Waals surface area contributed by atoms with Crippen LogP contribution in [0.1, 0.15) is 110 Å². The van der Waals surface area contributed by atoms with Gasteiger partial charge in [0, 0.05) is 6.61 Å². The second kappa shape index (κ2) is 20.2. The molecule has 9 heteroatoms. The summed E-state index contributed by atoms with van der Waals surface area (Å²) >= 11 is 0. The molecule has 0 saturated heterocycles. The van der Waals surface area contributed by atoms with Crippen LogP contribution in [0, 0.1) is 0 Å². The lowest BCUT2D eigenvalue weighted by atomic mass is 10.0. The van der Waals surface area contributed by atoms with Crippen LogP contribution in [0.25, 0.3) is 0 Å². The van der Waals surface area contributed by atoms with Gasteiger partial charge in [0.2, 0.25) is 0 Å². The number of unbranched alkanes of at least 4 members (excludes halogenated alkanes) is 15. The molecule has 0 saturated carbocycles. The highest BCUT2D eigenvalue weighted by molar-refractivity contribution is 7.86. The van der Waals surface area contributed by atoms with Crippen molar-refractivity contribution in [1.82, 2.24) is 0 Å². The number of hydrogen-bond donors (Lipinski definition) is 0. The molecule has 0 N–H and O–H groups in total. The minimum Gasteiger partial charge on any atom is -0.379 e. The highest BCUT2D eigenvalue weighted by atomic mass is 32.2. The van der Waals surface area contributed by atoms with Gasteiger partial charge in [-0.2, -0.15) is 16.8 Å². The first kappa shape index (κ1) is 31.8. The zero-order valence-corrected chi connectivity index (χ0v) is 22.3. The SMILES string of the molecule is CCCCCCCCCCCCCCCCCCOCC(COS(C)(=O)=O)OS(C)(=O)=O. The molecule has 0 aromatic heterocycles. The van der Waals surface area contributed by atoms with E-state index in [9.17, 15) is 16.8 Å². The van der Waals surface area contributed by atoms with Gasteiger partial charge in [-0.3, -0.25) is 8.37 Å². The lowest BCUT2D eigenvalue weighted by Crippen LogP contribution is -2.29. The fourth-order valence-corrected chi connectivity index (χ4v) is 4.52.